The van der Waals surface area contributed by atoms with E-state index in [1.54, 1.807) is 7.11 Å². The molecule has 0 aliphatic carbocycles. The summed E-state index contributed by atoms with van der Waals surface area (Å²) in [7, 11) is 1.64. The lowest BCUT2D eigenvalue weighted by Gasteiger charge is -2.40. The first-order valence-corrected chi connectivity index (χ1v) is 14.4. The normalized spacial score (nSPS) is 22.6. The molecule has 0 saturated carbocycles. The van der Waals surface area contributed by atoms with Crippen LogP contribution >= 0.6 is 11.6 Å². The van der Waals surface area contributed by atoms with Gasteiger partial charge in [-0.05, 0) is 81.9 Å². The van der Waals surface area contributed by atoms with Gasteiger partial charge in [0.1, 0.15) is 17.3 Å². The number of benzene rings is 2. The summed E-state index contributed by atoms with van der Waals surface area (Å²) in [6, 6.07) is 13.9. The van der Waals surface area contributed by atoms with E-state index in [-0.39, 0.29) is 18.1 Å². The van der Waals surface area contributed by atoms with Crippen LogP contribution in [0.4, 0.5) is 4.79 Å². The second-order valence-corrected chi connectivity index (χ2v) is 10.8. The highest BCUT2D eigenvalue weighted by Crippen LogP contribution is 2.40. The van der Waals surface area contributed by atoms with E-state index in [0.29, 0.717) is 35.0 Å². The van der Waals surface area contributed by atoms with Crippen molar-refractivity contribution in [1.82, 2.24) is 14.7 Å². The van der Waals surface area contributed by atoms with E-state index in [2.05, 4.69) is 11.8 Å². The predicted molar refractivity (Wildman–Crippen MR) is 152 cm³/mol. The Kier molecular flexibility index (Phi) is 8.44. The molecule has 3 aliphatic heterocycles. The van der Waals surface area contributed by atoms with Crippen LogP contribution in [0.25, 0.3) is 0 Å². The molecule has 7 nitrogen and oxygen atoms in total. The van der Waals surface area contributed by atoms with E-state index in [1.165, 1.54) is 25.9 Å². The minimum Gasteiger partial charge on any atom is -0.497 e. The Morgan fingerprint density at radius 2 is 1.74 bits per heavy atom. The number of nitrogens with zero attached hydrogens (tertiary/aromatic N) is 4. The third-order valence-corrected chi connectivity index (χ3v) is 8.37. The number of amidine groups is 1. The highest BCUT2D eigenvalue weighted by atomic mass is 35.5. The second-order valence-electron chi connectivity index (χ2n) is 10.3. The van der Waals surface area contributed by atoms with Crippen LogP contribution in [0, 0.1) is 0 Å². The lowest BCUT2D eigenvalue weighted by Crippen LogP contribution is -2.52. The standard InChI is InChI=1S/C30H39ClN4O3/c1-4-26-28(21-8-10-22(31)11-9-21)35(29(32-26)25-13-12-24(37-3)20-27(25)38-5-2)30(36)34-18-14-23(15-19-34)33-16-6-7-17-33/h8-13,20,23,26,28H,4-7,14-19H2,1-3H3/t26?,28-/m0/s1. The monoisotopic (exact) mass is 538 g/mol. The van der Waals surface area contributed by atoms with Crippen molar-refractivity contribution in [2.45, 2.75) is 64.1 Å². The number of amides is 2. The molecule has 2 fully saturated rings. The van der Waals surface area contributed by atoms with E-state index in [1.807, 2.05) is 59.2 Å². The molecule has 2 saturated heterocycles. The topological polar surface area (TPSA) is 57.6 Å². The number of rotatable bonds is 7. The van der Waals surface area contributed by atoms with E-state index in [0.717, 1.165) is 43.5 Å². The van der Waals surface area contributed by atoms with Crippen molar-refractivity contribution >= 4 is 23.5 Å². The fraction of sp³-hybridized carbons (Fsp3) is 0.533. The van der Waals surface area contributed by atoms with Crippen molar-refractivity contribution in [3.63, 3.8) is 0 Å². The van der Waals surface area contributed by atoms with E-state index >= 15 is 0 Å². The Morgan fingerprint density at radius 1 is 1.03 bits per heavy atom. The average Bonchev–Trinajstić information content (AvgIpc) is 3.62. The first-order valence-electron chi connectivity index (χ1n) is 14.0. The fourth-order valence-corrected chi connectivity index (χ4v) is 6.24. The van der Waals surface area contributed by atoms with Crippen LogP contribution in [0.1, 0.15) is 63.1 Å². The first kappa shape index (κ1) is 26.8. The number of methoxy groups -OCH3 is 1. The highest BCUT2D eigenvalue weighted by Gasteiger charge is 2.44. The number of carbonyl (C=O) groups is 1. The summed E-state index contributed by atoms with van der Waals surface area (Å²) in [4.78, 5) is 26.1. The molecule has 8 heteroatoms. The Bertz CT molecular complexity index is 1140. The third kappa shape index (κ3) is 5.36. The summed E-state index contributed by atoms with van der Waals surface area (Å²) in [6.45, 7) is 8.49. The number of piperidine rings is 1. The quantitative estimate of drug-likeness (QED) is 0.433. The van der Waals surface area contributed by atoms with Crippen LogP contribution in [0.15, 0.2) is 47.5 Å². The van der Waals surface area contributed by atoms with Crippen LogP contribution in [0.5, 0.6) is 11.5 Å². The molecule has 0 spiro atoms. The van der Waals surface area contributed by atoms with E-state index in [9.17, 15) is 4.79 Å². The van der Waals surface area contributed by atoms with Crippen LogP contribution in [0.3, 0.4) is 0 Å². The van der Waals surface area contributed by atoms with Gasteiger partial charge < -0.3 is 19.3 Å². The molecule has 0 bridgehead atoms. The molecule has 2 aromatic carbocycles. The van der Waals surface area contributed by atoms with Crippen LogP contribution in [0.2, 0.25) is 5.02 Å². The van der Waals surface area contributed by atoms with Gasteiger partial charge in [-0.2, -0.15) is 0 Å². The number of hydrogen-bond donors (Lipinski definition) is 0. The maximum Gasteiger partial charge on any atom is 0.326 e. The van der Waals surface area contributed by atoms with Crippen molar-refractivity contribution in [3.05, 3.63) is 58.6 Å². The molecule has 2 atom stereocenters. The van der Waals surface area contributed by atoms with Gasteiger partial charge in [0.25, 0.3) is 0 Å². The predicted octanol–water partition coefficient (Wildman–Crippen LogP) is 6.01. The Balaban J connectivity index is 1.49. The first-order chi connectivity index (χ1) is 18.5. The fourth-order valence-electron chi connectivity index (χ4n) is 6.12. The number of ether oxygens (including phenoxy) is 2. The van der Waals surface area contributed by atoms with Gasteiger partial charge in [0.2, 0.25) is 0 Å². The lowest BCUT2D eigenvalue weighted by atomic mass is 9.97. The maximum absolute atomic E-state index is 14.4. The van der Waals surface area contributed by atoms with Crippen molar-refractivity contribution < 1.29 is 14.3 Å². The molecule has 3 aliphatic rings. The molecular weight excluding hydrogens is 500 g/mol. The van der Waals surface area contributed by atoms with Gasteiger partial charge >= 0.3 is 6.03 Å². The Hall–Kier alpha value is -2.77. The molecule has 5 rings (SSSR count). The van der Waals surface area contributed by atoms with Gasteiger partial charge in [-0.3, -0.25) is 9.89 Å². The SMILES string of the molecule is CCOc1cc(OC)ccc1C1=NC(CC)[C@H](c2ccc(Cl)cc2)N1C(=O)N1CCC(N2CCCC2)CC1. The lowest BCUT2D eigenvalue weighted by molar-refractivity contribution is 0.117. The minimum atomic E-state index is -0.215. The number of aliphatic imine (C=N–C) groups is 1. The molecular formula is C30H39ClN4O3. The molecule has 2 amide bonds. The molecule has 0 radical (unpaired) electrons. The maximum atomic E-state index is 14.4. The van der Waals surface area contributed by atoms with Crippen LogP contribution < -0.4 is 9.47 Å². The number of halogens is 1. The van der Waals surface area contributed by atoms with E-state index in [4.69, 9.17) is 26.1 Å². The van der Waals surface area contributed by atoms with Gasteiger partial charge in [-0.1, -0.05) is 30.7 Å². The summed E-state index contributed by atoms with van der Waals surface area (Å²) in [5.74, 6) is 2.04. The molecule has 2 aromatic rings. The smallest absolute Gasteiger partial charge is 0.326 e. The molecule has 204 valence electrons. The van der Waals surface area contributed by atoms with E-state index < -0.39 is 0 Å². The van der Waals surface area contributed by atoms with Crippen molar-refractivity contribution in [3.8, 4) is 11.5 Å². The zero-order valence-corrected chi connectivity index (χ0v) is 23.5. The van der Waals surface area contributed by atoms with Gasteiger partial charge in [0.05, 0.1) is 31.4 Å². The molecule has 3 heterocycles. The second kappa shape index (κ2) is 12.0. The zero-order chi connectivity index (χ0) is 26.6. The van der Waals surface area contributed by atoms with Crippen molar-refractivity contribution in [2.75, 3.05) is 39.9 Å². The highest BCUT2D eigenvalue weighted by molar-refractivity contribution is 6.30. The molecule has 1 unspecified atom stereocenters. The number of likely N-dealkylation sites (tertiary alicyclic amines) is 2. The van der Waals surface area contributed by atoms with Gasteiger partial charge in [-0.15, -0.1) is 0 Å². The molecule has 38 heavy (non-hydrogen) atoms. The summed E-state index contributed by atoms with van der Waals surface area (Å²) in [5, 5.41) is 0.677. The number of hydrogen-bond acceptors (Lipinski definition) is 5. The zero-order valence-electron chi connectivity index (χ0n) is 22.7. The summed E-state index contributed by atoms with van der Waals surface area (Å²) in [5.41, 5.74) is 1.84. The van der Waals surface area contributed by atoms with Crippen molar-refractivity contribution in [2.24, 2.45) is 4.99 Å². The van der Waals surface area contributed by atoms with Gasteiger partial charge in [0.15, 0.2) is 0 Å². The number of urea groups is 1. The molecule has 0 N–H and O–H groups in total. The van der Waals surface area contributed by atoms with Crippen LogP contribution in [-0.2, 0) is 0 Å². The average molecular weight is 539 g/mol. The summed E-state index contributed by atoms with van der Waals surface area (Å²) < 4.78 is 11.5. The van der Waals surface area contributed by atoms with Gasteiger partial charge in [0, 0.05) is 30.2 Å². The Morgan fingerprint density at radius 3 is 2.37 bits per heavy atom. The van der Waals surface area contributed by atoms with Crippen LogP contribution in [-0.4, -0.2) is 78.5 Å². The molecule has 0 aromatic heterocycles. The Labute approximate surface area is 231 Å². The third-order valence-electron chi connectivity index (χ3n) is 8.12. The van der Waals surface area contributed by atoms with Crippen molar-refractivity contribution in [1.29, 1.82) is 0 Å². The summed E-state index contributed by atoms with van der Waals surface area (Å²) >= 11 is 6.24. The number of carbonyl (C=O) groups excluding carboxylic acids is 1. The summed E-state index contributed by atoms with van der Waals surface area (Å²) in [6.07, 6.45) is 5.41. The largest absolute Gasteiger partial charge is 0.497 e. The van der Waals surface area contributed by atoms with Gasteiger partial charge in [-0.25, -0.2) is 4.79 Å². The minimum absolute atomic E-state index is 0.0118.